The molecule has 0 saturated heterocycles. The van der Waals surface area contributed by atoms with Crippen LogP contribution in [0.5, 0.6) is 11.6 Å². The van der Waals surface area contributed by atoms with E-state index in [0.29, 0.717) is 52.8 Å². The van der Waals surface area contributed by atoms with Gasteiger partial charge in [-0.15, -0.1) is 24.5 Å². The molecule has 1 aromatic carbocycles. The Balaban J connectivity index is 1.29. The van der Waals surface area contributed by atoms with Crippen LogP contribution in [0.15, 0.2) is 48.9 Å². The Labute approximate surface area is 314 Å². The molecule has 3 fully saturated rings. The van der Waals surface area contributed by atoms with E-state index in [1.54, 1.807) is 37.3 Å². The lowest BCUT2D eigenvalue weighted by atomic mass is 9.93. The van der Waals surface area contributed by atoms with Crippen LogP contribution in [0.25, 0.3) is 21.7 Å². The monoisotopic (exact) mass is 764 g/mol. The second kappa shape index (κ2) is 15.5. The van der Waals surface area contributed by atoms with Crippen LogP contribution in [-0.4, -0.2) is 83.6 Å². The molecule has 0 bridgehead atoms. The predicted molar refractivity (Wildman–Crippen MR) is 203 cm³/mol. The smallest absolute Gasteiger partial charge is 0.259 e. The number of allylic oxidation sites excluding steroid dienone is 1. The molecule has 13 nitrogen and oxygen atoms in total. The van der Waals surface area contributed by atoms with Crippen molar-refractivity contribution in [1.29, 1.82) is 0 Å². The number of benzene rings is 1. The Bertz CT molecular complexity index is 2010. The van der Waals surface area contributed by atoms with Gasteiger partial charge < -0.3 is 19.7 Å². The van der Waals surface area contributed by atoms with E-state index in [0.717, 1.165) is 25.0 Å². The van der Waals surface area contributed by atoms with E-state index in [4.69, 9.17) is 24.4 Å². The van der Waals surface area contributed by atoms with Crippen molar-refractivity contribution in [3.63, 3.8) is 0 Å². The summed E-state index contributed by atoms with van der Waals surface area (Å²) in [7, 11) is -0.552. The lowest BCUT2D eigenvalue weighted by Gasteiger charge is -2.26. The number of hydrogen-bond acceptors (Lipinski definition) is 11. The minimum atomic E-state index is -3.85. The van der Waals surface area contributed by atoms with Crippen LogP contribution >= 0.6 is 11.3 Å². The SMILES string of the molecule is C=CCCCCN(C)C(=O)[C@@H]1C[C@H](Oc2nc(-c3nc(C(C)C)cs3)nc3cc(OC)ccc23)C[C@H]1C(=O)N[C@]1(C(=O)NS(=O)(=O)C2CC2)C[C@H]1C=C. The number of nitrogens with zero attached hydrogens (tertiary/aromatic N) is 4. The molecule has 0 unspecified atom stereocenters. The molecule has 53 heavy (non-hydrogen) atoms. The van der Waals surface area contributed by atoms with Gasteiger partial charge in [0, 0.05) is 31.0 Å². The number of nitrogens with one attached hydrogen (secondary N) is 2. The summed E-state index contributed by atoms with van der Waals surface area (Å²) in [5, 5.41) is 5.51. The summed E-state index contributed by atoms with van der Waals surface area (Å²) >= 11 is 1.44. The minimum absolute atomic E-state index is 0.162. The second-order valence-electron chi connectivity index (χ2n) is 14.6. The van der Waals surface area contributed by atoms with Crippen molar-refractivity contribution < 1.29 is 32.3 Å². The number of ether oxygens (including phenoxy) is 2. The van der Waals surface area contributed by atoms with E-state index >= 15 is 0 Å². The van der Waals surface area contributed by atoms with Crippen LogP contribution in [0.2, 0.25) is 0 Å². The summed E-state index contributed by atoms with van der Waals surface area (Å²) < 4.78 is 39.7. The maximum absolute atomic E-state index is 14.2. The van der Waals surface area contributed by atoms with E-state index in [1.165, 1.54) is 11.3 Å². The van der Waals surface area contributed by atoms with Crippen molar-refractivity contribution in [3.05, 3.63) is 54.6 Å². The number of fused-ring (bicyclic) bond motifs is 1. The molecule has 3 aromatic rings. The number of rotatable bonds is 17. The fourth-order valence-corrected chi connectivity index (χ4v) is 9.19. The molecule has 2 heterocycles. The maximum Gasteiger partial charge on any atom is 0.259 e. The summed E-state index contributed by atoms with van der Waals surface area (Å²) in [6, 6.07) is 5.40. The molecular formula is C38H48N6O7S2. The van der Waals surface area contributed by atoms with Gasteiger partial charge in [-0.25, -0.2) is 18.4 Å². The molecule has 2 aromatic heterocycles. The third kappa shape index (κ3) is 8.25. The Morgan fingerprint density at radius 3 is 2.51 bits per heavy atom. The molecule has 5 atom stereocenters. The Kier molecular flexibility index (Phi) is 11.2. The number of methoxy groups -OCH3 is 1. The van der Waals surface area contributed by atoms with Crippen molar-refractivity contribution in [2.24, 2.45) is 17.8 Å². The number of thiazole rings is 1. The molecule has 15 heteroatoms. The maximum atomic E-state index is 14.2. The van der Waals surface area contributed by atoms with Gasteiger partial charge in [-0.2, -0.15) is 4.98 Å². The molecule has 0 spiro atoms. The topological polar surface area (TPSA) is 170 Å². The molecule has 0 radical (unpaired) electrons. The first-order valence-corrected chi connectivity index (χ1v) is 20.6. The fourth-order valence-electron chi connectivity index (χ4n) is 6.91. The van der Waals surface area contributed by atoms with Crippen LogP contribution in [0, 0.1) is 17.8 Å². The van der Waals surface area contributed by atoms with Crippen LogP contribution in [-0.2, 0) is 24.4 Å². The Morgan fingerprint density at radius 2 is 1.87 bits per heavy atom. The molecule has 2 N–H and O–H groups in total. The quantitative estimate of drug-likeness (QED) is 0.139. The number of carbonyl (C=O) groups is 3. The summed E-state index contributed by atoms with van der Waals surface area (Å²) in [4.78, 5) is 57.8. The molecule has 3 amide bonds. The highest BCUT2D eigenvalue weighted by molar-refractivity contribution is 7.91. The fraction of sp³-hybridized carbons (Fsp3) is 0.526. The van der Waals surface area contributed by atoms with Crippen LogP contribution in [0.3, 0.4) is 0 Å². The predicted octanol–water partition coefficient (Wildman–Crippen LogP) is 5.14. The molecule has 3 aliphatic carbocycles. The van der Waals surface area contributed by atoms with Gasteiger partial charge in [-0.05, 0) is 69.4 Å². The van der Waals surface area contributed by atoms with Gasteiger partial charge >= 0.3 is 0 Å². The van der Waals surface area contributed by atoms with Crippen molar-refractivity contribution in [2.45, 2.75) is 88.0 Å². The zero-order chi connectivity index (χ0) is 38.1. The molecule has 0 aliphatic heterocycles. The summed E-state index contributed by atoms with van der Waals surface area (Å²) in [6.45, 7) is 12.2. The number of aromatic nitrogens is 3. The highest BCUT2D eigenvalue weighted by atomic mass is 32.2. The van der Waals surface area contributed by atoms with E-state index in [1.807, 2.05) is 17.5 Å². The largest absolute Gasteiger partial charge is 0.497 e. The van der Waals surface area contributed by atoms with E-state index in [-0.39, 0.29) is 31.1 Å². The summed E-state index contributed by atoms with van der Waals surface area (Å²) in [5.41, 5.74) is 0.0408. The van der Waals surface area contributed by atoms with Crippen LogP contribution in [0.4, 0.5) is 0 Å². The average Bonchev–Trinajstić information content (AvgIpc) is 4.02. The zero-order valence-corrected chi connectivity index (χ0v) is 32.3. The van der Waals surface area contributed by atoms with Gasteiger partial charge in [-0.3, -0.25) is 19.1 Å². The lowest BCUT2D eigenvalue weighted by molar-refractivity contribution is -0.140. The highest BCUT2D eigenvalue weighted by Gasteiger charge is 2.62. The van der Waals surface area contributed by atoms with E-state index in [2.05, 4.69) is 37.0 Å². The Hall–Kier alpha value is -4.37. The van der Waals surface area contributed by atoms with Crippen molar-refractivity contribution in [2.75, 3.05) is 20.7 Å². The normalized spacial score (nSPS) is 23.7. The van der Waals surface area contributed by atoms with Crippen LogP contribution in [0.1, 0.15) is 76.8 Å². The highest BCUT2D eigenvalue weighted by Crippen LogP contribution is 2.47. The number of amides is 3. The lowest BCUT2D eigenvalue weighted by Crippen LogP contribution is -2.54. The van der Waals surface area contributed by atoms with Crippen molar-refractivity contribution >= 4 is 50.0 Å². The summed E-state index contributed by atoms with van der Waals surface area (Å²) in [5.74, 6) is -2.08. The minimum Gasteiger partial charge on any atom is -0.497 e. The molecular weight excluding hydrogens is 717 g/mol. The first kappa shape index (κ1) is 38.4. The third-order valence-electron chi connectivity index (χ3n) is 10.4. The first-order chi connectivity index (χ1) is 25.3. The standard InChI is InChI=1S/C38H48N6O7S2/c1-7-9-10-11-16-44(5)36(46)29-18-25(17-28(29)33(45)42-38(20-23(38)8-2)37(47)43-53(48,49)26-13-14-26)51-34-27-15-12-24(50-6)19-30(27)39-32(41-34)35-40-31(21-52-35)22(3)4/h7-8,12,15,19,21-23,25-26,28-29H,1-2,9-11,13-14,16-18,20H2,3-6H3,(H,42,45)(H,43,47)/t23-,25-,28-,29-,38-/m1/s1. The Morgan fingerprint density at radius 1 is 1.11 bits per heavy atom. The van der Waals surface area contributed by atoms with Crippen molar-refractivity contribution in [1.82, 2.24) is 29.9 Å². The summed E-state index contributed by atoms with van der Waals surface area (Å²) in [6.07, 6.45) is 6.82. The van der Waals surface area contributed by atoms with Gasteiger partial charge in [0.2, 0.25) is 27.7 Å². The number of unbranched alkanes of at least 4 members (excludes halogenated alkanes) is 2. The number of carbonyl (C=O) groups excluding carboxylic acids is 3. The average molecular weight is 765 g/mol. The van der Waals surface area contributed by atoms with Gasteiger partial charge in [0.1, 0.15) is 17.4 Å². The molecule has 3 saturated carbocycles. The third-order valence-corrected chi connectivity index (χ3v) is 13.1. The van der Waals surface area contributed by atoms with Crippen LogP contribution < -0.4 is 19.5 Å². The second-order valence-corrected chi connectivity index (χ2v) is 17.4. The van der Waals surface area contributed by atoms with E-state index < -0.39 is 56.5 Å². The number of hydrogen-bond donors (Lipinski definition) is 2. The molecule has 3 aliphatic rings. The number of sulfonamides is 1. The molecule has 6 rings (SSSR count). The molecule has 284 valence electrons. The zero-order valence-electron chi connectivity index (χ0n) is 30.7. The van der Waals surface area contributed by atoms with Gasteiger partial charge in [0.15, 0.2) is 10.8 Å². The van der Waals surface area contributed by atoms with Gasteiger partial charge in [-0.1, -0.05) is 26.0 Å². The van der Waals surface area contributed by atoms with E-state index in [9.17, 15) is 22.8 Å². The van der Waals surface area contributed by atoms with Gasteiger partial charge in [0.25, 0.3) is 5.91 Å². The first-order valence-electron chi connectivity index (χ1n) is 18.1. The van der Waals surface area contributed by atoms with Crippen molar-refractivity contribution in [3.8, 4) is 22.5 Å². The van der Waals surface area contributed by atoms with Gasteiger partial charge in [0.05, 0.1) is 40.8 Å².